The van der Waals surface area contributed by atoms with Crippen LogP contribution < -0.4 is 10.6 Å². The van der Waals surface area contributed by atoms with Crippen LogP contribution in [-0.2, 0) is 13.0 Å². The number of anilines is 1. The van der Waals surface area contributed by atoms with E-state index in [2.05, 4.69) is 26.9 Å². The van der Waals surface area contributed by atoms with Gasteiger partial charge in [0.15, 0.2) is 5.69 Å². The maximum atomic E-state index is 12.3. The van der Waals surface area contributed by atoms with Crippen molar-refractivity contribution >= 4 is 24.0 Å². The number of hydrogen-bond donors (Lipinski definition) is 3. The Balaban J connectivity index is 0.00000161. The van der Waals surface area contributed by atoms with Crippen LogP contribution in [0.15, 0.2) is 18.2 Å². The van der Waals surface area contributed by atoms with Gasteiger partial charge in [-0.1, -0.05) is 6.07 Å². The number of fused-ring (bicyclic) bond motifs is 1. The van der Waals surface area contributed by atoms with E-state index < -0.39 is 0 Å². The lowest BCUT2D eigenvalue weighted by atomic mass is 10.1. The highest BCUT2D eigenvalue weighted by molar-refractivity contribution is 6.04. The molecule has 1 amide bonds. The number of H-pyrrole nitrogens is 1. The van der Waals surface area contributed by atoms with E-state index >= 15 is 0 Å². The van der Waals surface area contributed by atoms with Gasteiger partial charge in [0.1, 0.15) is 0 Å². The van der Waals surface area contributed by atoms with E-state index in [0.717, 1.165) is 41.0 Å². The third kappa shape index (κ3) is 3.25. The quantitative estimate of drug-likeness (QED) is 0.797. The average Bonchev–Trinajstić information content (AvgIpc) is 2.81. The molecule has 0 spiro atoms. The number of carbonyl (C=O) groups is 1. The van der Waals surface area contributed by atoms with Crippen molar-refractivity contribution in [2.75, 3.05) is 11.9 Å². The monoisotopic (exact) mass is 306 g/mol. The smallest absolute Gasteiger partial charge is 0.276 e. The summed E-state index contributed by atoms with van der Waals surface area (Å²) in [5.74, 6) is -0.156. The first-order chi connectivity index (χ1) is 9.63. The molecule has 0 fully saturated rings. The van der Waals surface area contributed by atoms with Crippen LogP contribution in [0.1, 0.15) is 32.9 Å². The van der Waals surface area contributed by atoms with Crippen LogP contribution in [0.4, 0.5) is 5.69 Å². The van der Waals surface area contributed by atoms with E-state index in [1.54, 1.807) is 0 Å². The maximum Gasteiger partial charge on any atom is 0.276 e. The number of rotatable bonds is 2. The van der Waals surface area contributed by atoms with Crippen LogP contribution in [0.3, 0.4) is 0 Å². The molecule has 112 valence electrons. The number of benzene rings is 1. The van der Waals surface area contributed by atoms with Crippen LogP contribution in [-0.4, -0.2) is 22.6 Å². The molecule has 3 rings (SSSR count). The van der Waals surface area contributed by atoms with Gasteiger partial charge >= 0.3 is 0 Å². The highest BCUT2D eigenvalue weighted by Crippen LogP contribution is 2.18. The van der Waals surface area contributed by atoms with Crippen molar-refractivity contribution in [3.8, 4) is 0 Å². The van der Waals surface area contributed by atoms with Crippen molar-refractivity contribution in [2.24, 2.45) is 0 Å². The first kappa shape index (κ1) is 15.5. The third-order valence-corrected chi connectivity index (χ3v) is 3.50. The molecular weight excluding hydrogens is 288 g/mol. The fraction of sp³-hybridized carbons (Fsp3) is 0.333. The second kappa shape index (κ2) is 6.28. The Morgan fingerprint density at radius 1 is 1.24 bits per heavy atom. The zero-order valence-corrected chi connectivity index (χ0v) is 12.9. The van der Waals surface area contributed by atoms with Crippen LogP contribution in [0.2, 0.25) is 0 Å². The molecule has 6 heteroatoms. The van der Waals surface area contributed by atoms with E-state index in [-0.39, 0.29) is 18.3 Å². The summed E-state index contributed by atoms with van der Waals surface area (Å²) in [5, 5.41) is 13.3. The number of aromatic amines is 1. The van der Waals surface area contributed by atoms with Crippen molar-refractivity contribution in [1.29, 1.82) is 0 Å². The van der Waals surface area contributed by atoms with Gasteiger partial charge in [0.25, 0.3) is 5.91 Å². The standard InChI is InChI=1S/C15H18N4O.ClH/c1-9-5-10(2)7-11(6-9)17-15(20)14-12-8-16-4-3-13(12)18-19-14;/h5-7,16H,3-4,8H2,1-2H3,(H,17,20)(H,18,19);1H. The van der Waals surface area contributed by atoms with E-state index in [0.29, 0.717) is 12.2 Å². The van der Waals surface area contributed by atoms with Crippen molar-refractivity contribution in [3.05, 3.63) is 46.3 Å². The molecule has 5 nitrogen and oxygen atoms in total. The first-order valence-corrected chi connectivity index (χ1v) is 6.80. The normalized spacial score (nSPS) is 13.2. The number of amides is 1. The number of aromatic nitrogens is 2. The molecule has 21 heavy (non-hydrogen) atoms. The molecule has 0 bridgehead atoms. The van der Waals surface area contributed by atoms with Gasteiger partial charge < -0.3 is 10.6 Å². The van der Waals surface area contributed by atoms with E-state index in [1.807, 2.05) is 26.0 Å². The summed E-state index contributed by atoms with van der Waals surface area (Å²) in [6.07, 6.45) is 0.888. The minimum Gasteiger partial charge on any atom is -0.321 e. The van der Waals surface area contributed by atoms with Crippen LogP contribution in [0.5, 0.6) is 0 Å². The Morgan fingerprint density at radius 2 is 1.95 bits per heavy atom. The Morgan fingerprint density at radius 3 is 2.67 bits per heavy atom. The summed E-state index contributed by atoms with van der Waals surface area (Å²) in [6, 6.07) is 6.00. The van der Waals surface area contributed by atoms with E-state index in [1.165, 1.54) is 0 Å². The number of nitrogens with zero attached hydrogens (tertiary/aromatic N) is 1. The lowest BCUT2D eigenvalue weighted by Crippen LogP contribution is -2.25. The Bertz CT molecular complexity index is 645. The average molecular weight is 307 g/mol. The van der Waals surface area contributed by atoms with Gasteiger partial charge in [-0.25, -0.2) is 0 Å². The number of aryl methyl sites for hydroxylation is 2. The molecule has 1 aromatic carbocycles. The van der Waals surface area contributed by atoms with Gasteiger partial charge in [0.05, 0.1) is 0 Å². The van der Waals surface area contributed by atoms with Crippen LogP contribution in [0, 0.1) is 13.8 Å². The van der Waals surface area contributed by atoms with Gasteiger partial charge in [-0.05, 0) is 37.1 Å². The van der Waals surface area contributed by atoms with Gasteiger partial charge in [-0.3, -0.25) is 9.89 Å². The fourth-order valence-corrected chi connectivity index (χ4v) is 2.65. The van der Waals surface area contributed by atoms with Gasteiger partial charge in [0.2, 0.25) is 0 Å². The molecule has 0 unspecified atom stereocenters. The Kier molecular flexibility index (Phi) is 4.65. The molecule has 2 aromatic rings. The molecule has 1 aliphatic rings. The number of carbonyl (C=O) groups excluding carboxylic acids is 1. The lowest BCUT2D eigenvalue weighted by molar-refractivity contribution is 0.102. The van der Waals surface area contributed by atoms with Crippen molar-refractivity contribution in [3.63, 3.8) is 0 Å². The highest BCUT2D eigenvalue weighted by Gasteiger charge is 2.21. The third-order valence-electron chi connectivity index (χ3n) is 3.50. The summed E-state index contributed by atoms with van der Waals surface area (Å²) in [4.78, 5) is 12.3. The molecule has 0 radical (unpaired) electrons. The van der Waals surface area contributed by atoms with E-state index in [9.17, 15) is 4.79 Å². The summed E-state index contributed by atoms with van der Waals surface area (Å²) in [6.45, 7) is 5.65. The van der Waals surface area contributed by atoms with Gasteiger partial charge in [0, 0.05) is 36.5 Å². The molecular formula is C15H19ClN4O. The predicted octanol–water partition coefficient (Wildman–Crippen LogP) is 2.35. The molecule has 0 saturated carbocycles. The van der Waals surface area contributed by atoms with Crippen molar-refractivity contribution < 1.29 is 4.79 Å². The second-order valence-electron chi connectivity index (χ2n) is 5.29. The van der Waals surface area contributed by atoms with Gasteiger partial charge in [-0.15, -0.1) is 12.4 Å². The first-order valence-electron chi connectivity index (χ1n) is 6.80. The Labute approximate surface area is 129 Å². The maximum absolute atomic E-state index is 12.3. The topological polar surface area (TPSA) is 69.8 Å². The molecule has 0 atom stereocenters. The van der Waals surface area contributed by atoms with Crippen LogP contribution in [0.25, 0.3) is 0 Å². The van der Waals surface area contributed by atoms with Crippen LogP contribution >= 0.6 is 12.4 Å². The molecule has 3 N–H and O–H groups in total. The highest BCUT2D eigenvalue weighted by atomic mass is 35.5. The van der Waals surface area contributed by atoms with E-state index in [4.69, 9.17) is 0 Å². The number of halogens is 1. The summed E-state index contributed by atoms with van der Waals surface area (Å²) < 4.78 is 0. The SMILES string of the molecule is Cc1cc(C)cc(NC(=O)c2n[nH]c3c2CNCC3)c1.Cl. The van der Waals surface area contributed by atoms with Crippen molar-refractivity contribution in [2.45, 2.75) is 26.8 Å². The summed E-state index contributed by atoms with van der Waals surface area (Å²) >= 11 is 0. The Hall–Kier alpha value is -1.85. The summed E-state index contributed by atoms with van der Waals surface area (Å²) in [7, 11) is 0. The zero-order chi connectivity index (χ0) is 14.1. The number of hydrogen-bond acceptors (Lipinski definition) is 3. The second-order valence-corrected chi connectivity index (χ2v) is 5.29. The molecule has 0 aliphatic carbocycles. The minimum absolute atomic E-state index is 0. The minimum atomic E-state index is -0.156. The molecule has 1 aliphatic heterocycles. The fourth-order valence-electron chi connectivity index (χ4n) is 2.65. The predicted molar refractivity (Wildman–Crippen MR) is 85.1 cm³/mol. The number of nitrogens with one attached hydrogen (secondary N) is 3. The van der Waals surface area contributed by atoms with Crippen molar-refractivity contribution in [1.82, 2.24) is 15.5 Å². The zero-order valence-electron chi connectivity index (χ0n) is 12.1. The largest absolute Gasteiger partial charge is 0.321 e. The molecule has 0 saturated heterocycles. The van der Waals surface area contributed by atoms with Gasteiger partial charge in [-0.2, -0.15) is 5.10 Å². The molecule has 1 aromatic heterocycles. The molecule has 2 heterocycles. The summed E-state index contributed by atoms with van der Waals surface area (Å²) in [5.41, 5.74) is 5.61. The lowest BCUT2D eigenvalue weighted by Gasteiger charge is -2.13.